The largest absolute Gasteiger partial charge is 0.496 e. The average molecular weight is 287 g/mol. The number of ketones is 1. The predicted molar refractivity (Wildman–Crippen MR) is 78.5 cm³/mol. The first-order chi connectivity index (χ1) is 10.1. The van der Waals surface area contributed by atoms with Crippen LogP contribution in [0.4, 0.5) is 0 Å². The second kappa shape index (κ2) is 6.26. The summed E-state index contributed by atoms with van der Waals surface area (Å²) in [6.07, 6.45) is 3.20. The third kappa shape index (κ3) is 2.81. The molecule has 5 heteroatoms. The number of hydrogen-bond donors (Lipinski definition) is 0. The first-order valence-electron chi connectivity index (χ1n) is 6.37. The number of ether oxygens (including phenoxy) is 3. The van der Waals surface area contributed by atoms with Gasteiger partial charge in [-0.15, -0.1) is 0 Å². The number of carbonyl (C=O) groups is 1. The van der Waals surface area contributed by atoms with Gasteiger partial charge in [0, 0.05) is 24.0 Å². The van der Waals surface area contributed by atoms with Crippen molar-refractivity contribution in [2.45, 2.75) is 6.92 Å². The number of carbonyl (C=O) groups excluding carboxylic acids is 1. The molecule has 0 saturated heterocycles. The lowest BCUT2D eigenvalue weighted by Gasteiger charge is -2.14. The minimum absolute atomic E-state index is 0.168. The Hall–Kier alpha value is -2.56. The van der Waals surface area contributed by atoms with Crippen LogP contribution in [0.2, 0.25) is 0 Å². The predicted octanol–water partition coefficient (Wildman–Crippen LogP) is 2.65. The molecule has 5 nitrogen and oxygen atoms in total. The molecule has 1 aromatic heterocycles. The van der Waals surface area contributed by atoms with Gasteiger partial charge in [-0.05, 0) is 24.6 Å². The highest BCUT2D eigenvalue weighted by atomic mass is 16.5. The summed E-state index contributed by atoms with van der Waals surface area (Å²) in [5.41, 5.74) is 1.79. The lowest BCUT2D eigenvalue weighted by molar-refractivity contribution is 0.103. The highest BCUT2D eigenvalue weighted by Gasteiger charge is 2.20. The molecule has 2 rings (SSSR count). The monoisotopic (exact) mass is 287 g/mol. The average Bonchev–Trinajstić information content (AvgIpc) is 2.53. The number of hydrogen-bond acceptors (Lipinski definition) is 5. The van der Waals surface area contributed by atoms with Crippen molar-refractivity contribution in [2.24, 2.45) is 0 Å². The van der Waals surface area contributed by atoms with Crippen molar-refractivity contribution in [2.75, 3.05) is 21.3 Å². The Morgan fingerprint density at radius 3 is 2.14 bits per heavy atom. The summed E-state index contributed by atoms with van der Waals surface area (Å²) < 4.78 is 15.8. The lowest BCUT2D eigenvalue weighted by Crippen LogP contribution is -2.07. The molecule has 21 heavy (non-hydrogen) atoms. The summed E-state index contributed by atoms with van der Waals surface area (Å²) in [6.45, 7) is 1.86. The number of aryl methyl sites for hydroxylation is 1. The highest BCUT2D eigenvalue weighted by Crippen LogP contribution is 2.35. The maximum Gasteiger partial charge on any atom is 0.198 e. The van der Waals surface area contributed by atoms with E-state index in [9.17, 15) is 4.79 Å². The maximum absolute atomic E-state index is 12.7. The summed E-state index contributed by atoms with van der Waals surface area (Å²) in [5, 5.41) is 0. The summed E-state index contributed by atoms with van der Waals surface area (Å²) in [4.78, 5) is 16.7. The van der Waals surface area contributed by atoms with Gasteiger partial charge in [0.1, 0.15) is 5.75 Å². The number of aromatic nitrogens is 1. The molecule has 0 radical (unpaired) electrons. The zero-order valence-corrected chi connectivity index (χ0v) is 12.5. The van der Waals surface area contributed by atoms with Crippen molar-refractivity contribution in [3.8, 4) is 17.2 Å². The molecular weight excluding hydrogens is 270 g/mol. The minimum Gasteiger partial charge on any atom is -0.496 e. The van der Waals surface area contributed by atoms with E-state index in [1.165, 1.54) is 21.3 Å². The van der Waals surface area contributed by atoms with Gasteiger partial charge < -0.3 is 14.2 Å². The van der Waals surface area contributed by atoms with Crippen molar-refractivity contribution in [3.05, 3.63) is 47.3 Å². The van der Waals surface area contributed by atoms with E-state index in [1.807, 2.05) is 6.92 Å². The van der Waals surface area contributed by atoms with Crippen LogP contribution in [0.3, 0.4) is 0 Å². The third-order valence-electron chi connectivity index (χ3n) is 3.23. The fourth-order valence-corrected chi connectivity index (χ4v) is 2.05. The van der Waals surface area contributed by atoms with E-state index in [0.29, 0.717) is 28.4 Å². The topological polar surface area (TPSA) is 57.7 Å². The first-order valence-corrected chi connectivity index (χ1v) is 6.37. The Morgan fingerprint density at radius 2 is 1.57 bits per heavy atom. The van der Waals surface area contributed by atoms with Crippen LogP contribution in [0.15, 0.2) is 30.6 Å². The summed E-state index contributed by atoms with van der Waals surface area (Å²) >= 11 is 0. The number of pyridine rings is 1. The molecule has 0 amide bonds. The van der Waals surface area contributed by atoms with Gasteiger partial charge in [0.25, 0.3) is 0 Å². The second-order valence-electron chi connectivity index (χ2n) is 4.43. The standard InChI is InChI=1S/C16H17NO4/c1-10-5-6-17-9-12(10)16(18)11-7-14(20-3)15(21-4)8-13(11)19-2/h5-9H,1-4H3. The van der Waals surface area contributed by atoms with E-state index in [0.717, 1.165) is 5.56 Å². The zero-order chi connectivity index (χ0) is 15.4. The molecule has 0 atom stereocenters. The van der Waals surface area contributed by atoms with Crippen LogP contribution in [-0.2, 0) is 0 Å². The van der Waals surface area contributed by atoms with Crippen molar-refractivity contribution in [1.29, 1.82) is 0 Å². The number of rotatable bonds is 5. The van der Waals surface area contributed by atoms with E-state index in [4.69, 9.17) is 14.2 Å². The van der Waals surface area contributed by atoms with Crippen molar-refractivity contribution < 1.29 is 19.0 Å². The lowest BCUT2D eigenvalue weighted by atomic mass is 10.00. The molecule has 0 unspecified atom stereocenters. The Labute approximate surface area is 123 Å². The molecule has 0 spiro atoms. The molecule has 0 aliphatic heterocycles. The van der Waals surface area contributed by atoms with Crippen LogP contribution >= 0.6 is 0 Å². The van der Waals surface area contributed by atoms with Crippen molar-refractivity contribution >= 4 is 5.78 Å². The molecule has 110 valence electrons. The quantitative estimate of drug-likeness (QED) is 0.791. The molecule has 1 aromatic carbocycles. The Balaban J connectivity index is 2.57. The van der Waals surface area contributed by atoms with Crippen LogP contribution in [0.1, 0.15) is 21.5 Å². The summed E-state index contributed by atoms with van der Waals surface area (Å²) in [7, 11) is 4.56. The van der Waals surface area contributed by atoms with Crippen LogP contribution in [0, 0.1) is 6.92 Å². The smallest absolute Gasteiger partial charge is 0.198 e. The van der Waals surface area contributed by atoms with Crippen LogP contribution in [0.25, 0.3) is 0 Å². The molecule has 0 bridgehead atoms. The van der Waals surface area contributed by atoms with Crippen LogP contribution < -0.4 is 14.2 Å². The number of nitrogens with zero attached hydrogens (tertiary/aromatic N) is 1. The highest BCUT2D eigenvalue weighted by molar-refractivity contribution is 6.11. The molecule has 2 aromatic rings. The van der Waals surface area contributed by atoms with E-state index in [-0.39, 0.29) is 5.78 Å². The van der Waals surface area contributed by atoms with Crippen LogP contribution in [0.5, 0.6) is 17.2 Å². The Morgan fingerprint density at radius 1 is 0.952 bits per heavy atom. The van der Waals surface area contributed by atoms with E-state index >= 15 is 0 Å². The Kier molecular flexibility index (Phi) is 4.42. The summed E-state index contributed by atoms with van der Waals surface area (Å²) in [5.74, 6) is 1.25. The van der Waals surface area contributed by atoms with E-state index in [2.05, 4.69) is 4.98 Å². The second-order valence-corrected chi connectivity index (χ2v) is 4.43. The van der Waals surface area contributed by atoms with Gasteiger partial charge >= 0.3 is 0 Å². The van der Waals surface area contributed by atoms with Gasteiger partial charge in [-0.2, -0.15) is 0 Å². The fraction of sp³-hybridized carbons (Fsp3) is 0.250. The van der Waals surface area contributed by atoms with Crippen molar-refractivity contribution in [1.82, 2.24) is 4.98 Å². The zero-order valence-electron chi connectivity index (χ0n) is 12.5. The molecule has 1 heterocycles. The molecule has 0 saturated carbocycles. The van der Waals surface area contributed by atoms with Gasteiger partial charge in [-0.25, -0.2) is 0 Å². The van der Waals surface area contributed by atoms with Gasteiger partial charge in [0.05, 0.1) is 26.9 Å². The van der Waals surface area contributed by atoms with Gasteiger partial charge in [0.15, 0.2) is 17.3 Å². The molecule has 0 aliphatic rings. The number of methoxy groups -OCH3 is 3. The number of benzene rings is 1. The van der Waals surface area contributed by atoms with Crippen LogP contribution in [-0.4, -0.2) is 32.1 Å². The van der Waals surface area contributed by atoms with Gasteiger partial charge in [-0.1, -0.05) is 0 Å². The molecule has 0 fully saturated rings. The minimum atomic E-state index is -0.168. The molecular formula is C16H17NO4. The van der Waals surface area contributed by atoms with Gasteiger partial charge in [0.2, 0.25) is 0 Å². The Bertz CT molecular complexity index is 667. The van der Waals surface area contributed by atoms with E-state index < -0.39 is 0 Å². The van der Waals surface area contributed by atoms with Crippen molar-refractivity contribution in [3.63, 3.8) is 0 Å². The molecule has 0 aliphatic carbocycles. The normalized spacial score (nSPS) is 10.1. The molecule has 0 N–H and O–H groups in total. The third-order valence-corrected chi connectivity index (χ3v) is 3.23. The fourth-order valence-electron chi connectivity index (χ4n) is 2.05. The first kappa shape index (κ1) is 14.8. The SMILES string of the molecule is COc1cc(OC)c(C(=O)c2cnccc2C)cc1OC. The van der Waals surface area contributed by atoms with Gasteiger partial charge in [-0.3, -0.25) is 9.78 Å². The van der Waals surface area contributed by atoms with E-state index in [1.54, 1.807) is 30.6 Å². The maximum atomic E-state index is 12.7. The summed E-state index contributed by atoms with van der Waals surface area (Å²) in [6, 6.07) is 5.05.